The van der Waals surface area contributed by atoms with E-state index in [-0.39, 0.29) is 11.9 Å². The van der Waals surface area contributed by atoms with Crippen LogP contribution < -0.4 is 10.5 Å². The molecule has 0 aliphatic carbocycles. The Bertz CT molecular complexity index is 621. The van der Waals surface area contributed by atoms with Crippen molar-refractivity contribution < 1.29 is 9.13 Å². The van der Waals surface area contributed by atoms with Gasteiger partial charge >= 0.3 is 0 Å². The van der Waals surface area contributed by atoms with Crippen molar-refractivity contribution in [1.29, 1.82) is 0 Å². The van der Waals surface area contributed by atoms with Gasteiger partial charge in [-0.2, -0.15) is 0 Å². The number of halogens is 3. The Morgan fingerprint density at radius 3 is 2.70 bits per heavy atom. The van der Waals surface area contributed by atoms with Gasteiger partial charge in [-0.05, 0) is 52.2 Å². The fraction of sp³-hybridized carbons (Fsp3) is 0.200. The van der Waals surface area contributed by atoms with Crippen LogP contribution in [0.3, 0.4) is 0 Å². The Balaban J connectivity index is 2.23. The van der Waals surface area contributed by atoms with E-state index in [1.54, 1.807) is 31.4 Å². The van der Waals surface area contributed by atoms with Crippen LogP contribution in [-0.4, -0.2) is 7.11 Å². The van der Waals surface area contributed by atoms with E-state index in [1.165, 1.54) is 6.07 Å². The number of nitrogens with two attached hydrogens (primary N) is 1. The Morgan fingerprint density at radius 1 is 1.30 bits per heavy atom. The fourth-order valence-corrected chi connectivity index (χ4v) is 2.61. The van der Waals surface area contributed by atoms with Crippen LogP contribution in [0.5, 0.6) is 5.75 Å². The van der Waals surface area contributed by atoms with Gasteiger partial charge in [0.2, 0.25) is 0 Å². The fourth-order valence-electron chi connectivity index (χ4n) is 2.02. The van der Waals surface area contributed by atoms with Gasteiger partial charge in [0.05, 0.1) is 11.6 Å². The summed E-state index contributed by atoms with van der Waals surface area (Å²) in [5.41, 5.74) is 8.03. The molecule has 0 spiro atoms. The number of benzene rings is 2. The molecule has 0 saturated carbocycles. The molecule has 20 heavy (non-hydrogen) atoms. The van der Waals surface area contributed by atoms with Gasteiger partial charge in [0, 0.05) is 16.6 Å². The minimum absolute atomic E-state index is 0.250. The zero-order valence-corrected chi connectivity index (χ0v) is 13.2. The van der Waals surface area contributed by atoms with E-state index in [9.17, 15) is 4.39 Å². The lowest BCUT2D eigenvalue weighted by atomic mass is 9.99. The van der Waals surface area contributed by atoms with Crippen LogP contribution >= 0.6 is 27.5 Å². The quantitative estimate of drug-likeness (QED) is 0.874. The molecular weight excluding hydrogens is 345 g/mol. The van der Waals surface area contributed by atoms with E-state index < -0.39 is 0 Å². The zero-order chi connectivity index (χ0) is 14.7. The van der Waals surface area contributed by atoms with E-state index >= 15 is 0 Å². The number of hydrogen-bond donors (Lipinski definition) is 1. The number of hydrogen-bond acceptors (Lipinski definition) is 2. The van der Waals surface area contributed by atoms with Gasteiger partial charge in [0.25, 0.3) is 0 Å². The number of methoxy groups -OCH3 is 1. The van der Waals surface area contributed by atoms with E-state index in [0.717, 1.165) is 11.1 Å². The molecule has 2 aromatic carbocycles. The average Bonchev–Trinajstić information content (AvgIpc) is 2.42. The summed E-state index contributed by atoms with van der Waals surface area (Å²) < 4.78 is 18.9. The molecule has 1 atom stereocenters. The molecule has 0 bridgehead atoms. The summed E-state index contributed by atoms with van der Waals surface area (Å²) >= 11 is 9.10. The molecule has 0 aliphatic rings. The van der Waals surface area contributed by atoms with Crippen LogP contribution in [0.1, 0.15) is 17.2 Å². The smallest absolute Gasteiger partial charge is 0.137 e. The molecule has 0 fully saturated rings. The molecule has 0 saturated heterocycles. The Labute approximate surface area is 130 Å². The van der Waals surface area contributed by atoms with Crippen LogP contribution in [0, 0.1) is 5.82 Å². The van der Waals surface area contributed by atoms with E-state index in [1.807, 2.05) is 6.07 Å². The first-order chi connectivity index (χ1) is 9.51. The average molecular weight is 359 g/mol. The van der Waals surface area contributed by atoms with Crippen LogP contribution in [0.2, 0.25) is 5.02 Å². The maximum Gasteiger partial charge on any atom is 0.137 e. The second-order valence-electron chi connectivity index (χ2n) is 4.45. The topological polar surface area (TPSA) is 35.2 Å². The van der Waals surface area contributed by atoms with Crippen molar-refractivity contribution in [2.75, 3.05) is 7.11 Å². The standard InChI is InChI=1S/C15H14BrClFNO/c1-20-15-8-10(17)3-4-11(15)14(19)7-9-2-5-13(18)12(16)6-9/h2-6,8,14H,7,19H2,1H3. The molecule has 2 nitrogen and oxygen atoms in total. The predicted molar refractivity (Wildman–Crippen MR) is 82.7 cm³/mol. The van der Waals surface area contributed by atoms with Gasteiger partial charge in [-0.15, -0.1) is 0 Å². The highest BCUT2D eigenvalue weighted by Crippen LogP contribution is 2.29. The zero-order valence-electron chi connectivity index (χ0n) is 10.9. The van der Waals surface area contributed by atoms with Crippen molar-refractivity contribution in [3.63, 3.8) is 0 Å². The van der Waals surface area contributed by atoms with Gasteiger partial charge in [-0.25, -0.2) is 4.39 Å². The van der Waals surface area contributed by atoms with Crippen molar-refractivity contribution in [1.82, 2.24) is 0 Å². The van der Waals surface area contributed by atoms with Gasteiger partial charge in [0.15, 0.2) is 0 Å². The first-order valence-corrected chi connectivity index (χ1v) is 7.21. The summed E-state index contributed by atoms with van der Waals surface area (Å²) in [6, 6.07) is 9.99. The summed E-state index contributed by atoms with van der Waals surface area (Å²) in [5.74, 6) is 0.373. The molecule has 0 aliphatic heterocycles. The maximum absolute atomic E-state index is 13.2. The van der Waals surface area contributed by atoms with E-state index in [0.29, 0.717) is 21.7 Å². The van der Waals surface area contributed by atoms with Crippen molar-refractivity contribution in [3.8, 4) is 5.75 Å². The summed E-state index contributed by atoms with van der Waals surface area (Å²) in [4.78, 5) is 0. The van der Waals surface area contributed by atoms with Crippen molar-refractivity contribution in [3.05, 3.63) is 62.8 Å². The van der Waals surface area contributed by atoms with Crippen LogP contribution in [0.4, 0.5) is 4.39 Å². The Kier molecular flexibility index (Phi) is 5.02. The normalized spacial score (nSPS) is 12.2. The molecule has 5 heteroatoms. The third-order valence-electron chi connectivity index (χ3n) is 3.03. The molecule has 0 heterocycles. The van der Waals surface area contributed by atoms with Crippen LogP contribution in [0.25, 0.3) is 0 Å². The third-order valence-corrected chi connectivity index (χ3v) is 3.88. The molecule has 0 aromatic heterocycles. The minimum Gasteiger partial charge on any atom is -0.496 e. The number of rotatable bonds is 4. The number of ether oxygens (including phenoxy) is 1. The first-order valence-electron chi connectivity index (χ1n) is 6.04. The largest absolute Gasteiger partial charge is 0.496 e. The van der Waals surface area contributed by atoms with Gasteiger partial charge in [-0.1, -0.05) is 23.7 Å². The summed E-state index contributed by atoms with van der Waals surface area (Å²) in [5, 5.41) is 0.599. The first kappa shape index (κ1) is 15.3. The van der Waals surface area contributed by atoms with Crippen LogP contribution in [0.15, 0.2) is 40.9 Å². The third kappa shape index (κ3) is 3.51. The molecule has 2 N–H and O–H groups in total. The molecule has 0 amide bonds. The summed E-state index contributed by atoms with van der Waals surface area (Å²) in [6.45, 7) is 0. The lowest BCUT2D eigenvalue weighted by molar-refractivity contribution is 0.405. The molecule has 1 unspecified atom stereocenters. The van der Waals surface area contributed by atoms with E-state index in [4.69, 9.17) is 22.1 Å². The van der Waals surface area contributed by atoms with Crippen molar-refractivity contribution in [2.24, 2.45) is 5.73 Å². The highest BCUT2D eigenvalue weighted by molar-refractivity contribution is 9.10. The predicted octanol–water partition coefficient (Wildman–Crippen LogP) is 4.49. The highest BCUT2D eigenvalue weighted by atomic mass is 79.9. The highest BCUT2D eigenvalue weighted by Gasteiger charge is 2.13. The summed E-state index contributed by atoms with van der Waals surface area (Å²) in [6.07, 6.45) is 0.580. The second-order valence-corrected chi connectivity index (χ2v) is 5.74. The maximum atomic E-state index is 13.2. The summed E-state index contributed by atoms with van der Waals surface area (Å²) in [7, 11) is 1.58. The lowest BCUT2D eigenvalue weighted by Gasteiger charge is -2.16. The van der Waals surface area contributed by atoms with Crippen molar-refractivity contribution >= 4 is 27.5 Å². The lowest BCUT2D eigenvalue weighted by Crippen LogP contribution is -2.14. The van der Waals surface area contributed by atoms with E-state index in [2.05, 4.69) is 15.9 Å². The molecular formula is C15H14BrClFNO. The minimum atomic E-state index is -0.286. The monoisotopic (exact) mass is 357 g/mol. The molecule has 2 rings (SSSR count). The SMILES string of the molecule is COc1cc(Cl)ccc1C(N)Cc1ccc(F)c(Br)c1. The molecule has 2 aromatic rings. The Morgan fingerprint density at radius 2 is 2.05 bits per heavy atom. The van der Waals surface area contributed by atoms with Gasteiger partial charge in [-0.3, -0.25) is 0 Å². The van der Waals surface area contributed by atoms with Gasteiger partial charge < -0.3 is 10.5 Å². The van der Waals surface area contributed by atoms with Crippen LogP contribution in [-0.2, 0) is 6.42 Å². The Hall–Kier alpha value is -1.10. The molecule has 0 radical (unpaired) electrons. The van der Waals surface area contributed by atoms with Crippen molar-refractivity contribution in [2.45, 2.75) is 12.5 Å². The molecule has 106 valence electrons. The second kappa shape index (κ2) is 6.57. The van der Waals surface area contributed by atoms with Gasteiger partial charge in [0.1, 0.15) is 11.6 Å².